The minimum absolute atomic E-state index is 0.000161. The monoisotopic (exact) mass is 421 g/mol. The van der Waals surface area contributed by atoms with E-state index < -0.39 is 0 Å². The summed E-state index contributed by atoms with van der Waals surface area (Å²) in [5.41, 5.74) is 2.35. The average molecular weight is 421 g/mol. The molecular formula is C23H25N4O4+. The summed E-state index contributed by atoms with van der Waals surface area (Å²) in [4.78, 5) is 26.1. The number of hydrogen-bond donors (Lipinski definition) is 3. The third kappa shape index (κ3) is 5.32. The van der Waals surface area contributed by atoms with Crippen molar-refractivity contribution in [3.8, 4) is 17.6 Å². The summed E-state index contributed by atoms with van der Waals surface area (Å²) >= 11 is 0. The number of nitriles is 1. The van der Waals surface area contributed by atoms with E-state index in [1.54, 1.807) is 12.1 Å². The number of piperidine rings is 1. The van der Waals surface area contributed by atoms with Crippen LogP contribution in [0.25, 0.3) is 0 Å². The molecule has 0 aromatic heterocycles. The van der Waals surface area contributed by atoms with E-state index in [1.165, 1.54) is 4.90 Å². The van der Waals surface area contributed by atoms with Crippen LogP contribution in [0.15, 0.2) is 42.5 Å². The van der Waals surface area contributed by atoms with Crippen LogP contribution in [0.3, 0.4) is 0 Å². The first-order valence-electron chi connectivity index (χ1n) is 10.4. The maximum atomic E-state index is 12.6. The zero-order chi connectivity index (χ0) is 21.6. The summed E-state index contributed by atoms with van der Waals surface area (Å²) in [6, 6.07) is 14.8. The number of carbonyl (C=O) groups excluding carboxylic acids is 2. The van der Waals surface area contributed by atoms with Crippen molar-refractivity contribution in [2.45, 2.75) is 19.3 Å². The predicted octanol–water partition coefficient (Wildman–Crippen LogP) is 1.35. The van der Waals surface area contributed by atoms with Crippen LogP contribution in [-0.2, 0) is 16.0 Å². The molecular weight excluding hydrogens is 396 g/mol. The number of quaternary nitrogens is 1. The van der Waals surface area contributed by atoms with Crippen molar-refractivity contribution in [2.24, 2.45) is 5.92 Å². The first-order valence-corrected chi connectivity index (χ1v) is 10.4. The molecule has 8 heteroatoms. The SMILES string of the molecule is N#CCc1ccc(NC(=O)C[NH+]2CCC(C(=O)Nc3ccc4c(c3)OCO4)CC2)cc1. The van der Waals surface area contributed by atoms with Gasteiger partial charge in [0.25, 0.3) is 5.91 Å². The van der Waals surface area contributed by atoms with Gasteiger partial charge in [0.2, 0.25) is 12.7 Å². The van der Waals surface area contributed by atoms with E-state index in [4.69, 9.17) is 14.7 Å². The van der Waals surface area contributed by atoms with Crippen molar-refractivity contribution in [2.75, 3.05) is 37.1 Å². The van der Waals surface area contributed by atoms with Crippen molar-refractivity contribution < 1.29 is 24.0 Å². The van der Waals surface area contributed by atoms with Crippen LogP contribution in [0, 0.1) is 17.2 Å². The van der Waals surface area contributed by atoms with Gasteiger partial charge in [0.05, 0.1) is 25.6 Å². The topological polar surface area (TPSA) is 105 Å². The van der Waals surface area contributed by atoms with Gasteiger partial charge in [-0.25, -0.2) is 0 Å². The number of hydrogen-bond acceptors (Lipinski definition) is 5. The zero-order valence-corrected chi connectivity index (χ0v) is 17.1. The fraction of sp³-hybridized carbons (Fsp3) is 0.348. The molecule has 31 heavy (non-hydrogen) atoms. The number of nitrogens with zero attached hydrogens (tertiary/aromatic N) is 1. The number of anilines is 2. The summed E-state index contributed by atoms with van der Waals surface area (Å²) in [7, 11) is 0. The van der Waals surface area contributed by atoms with Gasteiger partial charge >= 0.3 is 0 Å². The lowest BCUT2D eigenvalue weighted by Gasteiger charge is -2.28. The highest BCUT2D eigenvalue weighted by atomic mass is 16.7. The van der Waals surface area contributed by atoms with Gasteiger partial charge < -0.3 is 25.0 Å². The molecule has 0 unspecified atom stereocenters. The molecule has 0 bridgehead atoms. The molecule has 8 nitrogen and oxygen atoms in total. The molecule has 2 amide bonds. The highest BCUT2D eigenvalue weighted by Gasteiger charge is 2.29. The van der Waals surface area contributed by atoms with Crippen LogP contribution in [0.1, 0.15) is 18.4 Å². The Hall–Kier alpha value is -3.57. The molecule has 3 N–H and O–H groups in total. The Kier molecular flexibility index (Phi) is 6.34. The van der Waals surface area contributed by atoms with Crippen LogP contribution in [0.5, 0.6) is 11.5 Å². The molecule has 1 saturated heterocycles. The molecule has 2 heterocycles. The van der Waals surface area contributed by atoms with Gasteiger partial charge in [-0.3, -0.25) is 9.59 Å². The van der Waals surface area contributed by atoms with Crippen molar-refractivity contribution in [1.82, 2.24) is 0 Å². The van der Waals surface area contributed by atoms with Crippen LogP contribution in [-0.4, -0.2) is 38.2 Å². The summed E-state index contributed by atoms with van der Waals surface area (Å²) in [6.07, 6.45) is 1.83. The van der Waals surface area contributed by atoms with Crippen molar-refractivity contribution in [1.29, 1.82) is 5.26 Å². The maximum Gasteiger partial charge on any atom is 0.279 e. The second-order valence-electron chi connectivity index (χ2n) is 7.84. The van der Waals surface area contributed by atoms with Crippen molar-refractivity contribution in [3.05, 3.63) is 48.0 Å². The third-order valence-corrected chi connectivity index (χ3v) is 5.64. The largest absolute Gasteiger partial charge is 0.454 e. The molecule has 2 aromatic carbocycles. The van der Waals surface area contributed by atoms with Crippen molar-refractivity contribution in [3.63, 3.8) is 0 Å². The molecule has 1 fully saturated rings. The minimum Gasteiger partial charge on any atom is -0.454 e. The van der Waals surface area contributed by atoms with Crippen LogP contribution in [0.4, 0.5) is 11.4 Å². The number of benzene rings is 2. The van der Waals surface area contributed by atoms with E-state index in [0.29, 0.717) is 30.2 Å². The van der Waals surface area contributed by atoms with Gasteiger partial charge in [-0.1, -0.05) is 12.1 Å². The van der Waals surface area contributed by atoms with E-state index in [0.717, 1.165) is 37.2 Å². The number of amides is 2. The smallest absolute Gasteiger partial charge is 0.279 e. The second-order valence-corrected chi connectivity index (χ2v) is 7.84. The van der Waals surface area contributed by atoms with E-state index in [2.05, 4.69) is 16.7 Å². The average Bonchev–Trinajstić information content (AvgIpc) is 3.24. The Morgan fingerprint density at radius 1 is 1.00 bits per heavy atom. The summed E-state index contributed by atoms with van der Waals surface area (Å²) in [5.74, 6) is 1.21. The predicted molar refractivity (Wildman–Crippen MR) is 114 cm³/mol. The Balaban J connectivity index is 1.21. The lowest BCUT2D eigenvalue weighted by atomic mass is 9.95. The number of fused-ring (bicyclic) bond motifs is 1. The molecule has 0 saturated carbocycles. The van der Waals surface area contributed by atoms with Gasteiger partial charge in [-0.2, -0.15) is 5.26 Å². The third-order valence-electron chi connectivity index (χ3n) is 5.64. The molecule has 160 valence electrons. The molecule has 2 aliphatic heterocycles. The second kappa shape index (κ2) is 9.49. The first-order chi connectivity index (χ1) is 15.1. The normalized spacial score (nSPS) is 19.3. The lowest BCUT2D eigenvalue weighted by Crippen LogP contribution is -3.14. The van der Waals surface area contributed by atoms with Crippen LogP contribution < -0.4 is 25.0 Å². The molecule has 4 rings (SSSR count). The zero-order valence-electron chi connectivity index (χ0n) is 17.1. The Morgan fingerprint density at radius 3 is 2.45 bits per heavy atom. The quantitative estimate of drug-likeness (QED) is 0.653. The Morgan fingerprint density at radius 2 is 1.71 bits per heavy atom. The Labute approximate surface area is 180 Å². The molecule has 2 aromatic rings. The molecule has 0 aliphatic carbocycles. The van der Waals surface area contributed by atoms with E-state index in [9.17, 15) is 9.59 Å². The fourth-order valence-corrected chi connectivity index (χ4v) is 3.91. The molecule has 0 spiro atoms. The number of carbonyl (C=O) groups is 2. The Bertz CT molecular complexity index is 992. The van der Waals surface area contributed by atoms with Gasteiger partial charge in [0.1, 0.15) is 0 Å². The van der Waals surface area contributed by atoms with Gasteiger partial charge in [-0.15, -0.1) is 0 Å². The fourth-order valence-electron chi connectivity index (χ4n) is 3.91. The molecule has 0 atom stereocenters. The number of likely N-dealkylation sites (tertiary alicyclic amines) is 1. The summed E-state index contributed by atoms with van der Waals surface area (Å²) in [5, 5.41) is 14.6. The van der Waals surface area contributed by atoms with Crippen molar-refractivity contribution >= 4 is 23.2 Å². The lowest BCUT2D eigenvalue weighted by molar-refractivity contribution is -0.897. The van der Waals surface area contributed by atoms with Crippen LogP contribution in [0.2, 0.25) is 0 Å². The molecule has 2 aliphatic rings. The van der Waals surface area contributed by atoms with E-state index in [-0.39, 0.29) is 24.5 Å². The number of ether oxygens (including phenoxy) is 2. The molecule has 0 radical (unpaired) electrons. The van der Waals surface area contributed by atoms with E-state index in [1.807, 2.05) is 30.3 Å². The van der Waals surface area contributed by atoms with E-state index >= 15 is 0 Å². The summed E-state index contributed by atoms with van der Waals surface area (Å²) in [6.45, 7) is 2.12. The highest BCUT2D eigenvalue weighted by molar-refractivity contribution is 5.93. The standard InChI is InChI=1S/C23H24N4O4/c24-10-7-16-1-3-18(4-2-16)25-22(28)14-27-11-8-17(9-12-27)23(29)26-19-5-6-20-21(13-19)31-15-30-20/h1-6,13,17H,7-9,11-12,14-15H2,(H,25,28)(H,26,29)/p+1. The van der Waals surface area contributed by atoms with Gasteiger partial charge in [0.15, 0.2) is 18.0 Å². The minimum atomic E-state index is -0.0649. The summed E-state index contributed by atoms with van der Waals surface area (Å²) < 4.78 is 10.6. The van der Waals surface area contributed by atoms with Gasteiger partial charge in [-0.05, 0) is 29.8 Å². The van der Waals surface area contributed by atoms with Crippen LogP contribution >= 0.6 is 0 Å². The maximum absolute atomic E-state index is 12.6. The number of rotatable bonds is 6. The van der Waals surface area contributed by atoms with Gasteiger partial charge in [0, 0.05) is 36.2 Å². The highest BCUT2D eigenvalue weighted by Crippen LogP contribution is 2.34. The number of nitrogens with one attached hydrogen (secondary N) is 3. The first kappa shape index (κ1) is 20.7.